The SMILES string of the molecule is Cc1ccccc1-n1c(=O)c2sccc2n(CC(=O)Nc2ccc(F)cc2)c1=O. The van der Waals surface area contributed by atoms with Crippen LogP contribution in [-0.2, 0) is 11.3 Å². The zero-order valence-corrected chi connectivity index (χ0v) is 16.2. The minimum absolute atomic E-state index is 0.282. The van der Waals surface area contributed by atoms with Gasteiger partial charge < -0.3 is 5.32 Å². The average molecular weight is 409 g/mol. The number of carbonyl (C=O) groups is 1. The number of aromatic nitrogens is 2. The Hall–Kier alpha value is -3.52. The van der Waals surface area contributed by atoms with E-state index < -0.39 is 23.0 Å². The van der Waals surface area contributed by atoms with Gasteiger partial charge in [0, 0.05) is 5.69 Å². The molecule has 0 fully saturated rings. The number of hydrogen-bond donors (Lipinski definition) is 1. The average Bonchev–Trinajstić information content (AvgIpc) is 3.19. The number of nitrogens with zero attached hydrogens (tertiary/aromatic N) is 2. The topological polar surface area (TPSA) is 73.1 Å². The molecule has 0 aliphatic carbocycles. The van der Waals surface area contributed by atoms with Gasteiger partial charge in [-0.15, -0.1) is 11.3 Å². The number of nitrogens with one attached hydrogen (secondary N) is 1. The standard InChI is InChI=1S/C21H16FN3O3S/c1-13-4-2-3-5-16(13)25-20(27)19-17(10-11-29-19)24(21(25)28)12-18(26)23-15-8-6-14(22)7-9-15/h2-11H,12H2,1H3,(H,23,26). The van der Waals surface area contributed by atoms with Crippen LogP contribution in [-0.4, -0.2) is 15.0 Å². The van der Waals surface area contributed by atoms with Gasteiger partial charge in [0.25, 0.3) is 5.56 Å². The third-order valence-corrected chi connectivity index (χ3v) is 5.43. The van der Waals surface area contributed by atoms with Crippen molar-refractivity contribution in [3.63, 3.8) is 0 Å². The van der Waals surface area contributed by atoms with Crippen LogP contribution < -0.4 is 16.6 Å². The summed E-state index contributed by atoms with van der Waals surface area (Å²) in [5.41, 5.74) is 1.06. The smallest absolute Gasteiger partial charge is 0.325 e. The van der Waals surface area contributed by atoms with Crippen LogP contribution in [0.15, 0.2) is 69.6 Å². The molecule has 0 atom stereocenters. The number of aryl methyl sites for hydroxylation is 1. The lowest BCUT2D eigenvalue weighted by Gasteiger charge is -2.13. The van der Waals surface area contributed by atoms with Gasteiger partial charge in [-0.3, -0.25) is 14.2 Å². The molecule has 2 heterocycles. The third kappa shape index (κ3) is 3.50. The van der Waals surface area contributed by atoms with Crippen LogP contribution in [0.1, 0.15) is 5.56 Å². The Labute approximate surface area is 168 Å². The zero-order valence-electron chi connectivity index (χ0n) is 15.4. The number of carbonyl (C=O) groups excluding carboxylic acids is 1. The lowest BCUT2D eigenvalue weighted by molar-refractivity contribution is -0.116. The summed E-state index contributed by atoms with van der Waals surface area (Å²) in [6, 6.07) is 14.1. The molecule has 6 nitrogen and oxygen atoms in total. The number of amides is 1. The van der Waals surface area contributed by atoms with Gasteiger partial charge in [-0.2, -0.15) is 0 Å². The van der Waals surface area contributed by atoms with Crippen LogP contribution in [0.3, 0.4) is 0 Å². The van der Waals surface area contributed by atoms with Crippen LogP contribution in [0, 0.1) is 12.7 Å². The van der Waals surface area contributed by atoms with E-state index in [0.717, 1.165) is 10.1 Å². The Morgan fingerprint density at radius 1 is 1.07 bits per heavy atom. The van der Waals surface area contributed by atoms with Crippen molar-refractivity contribution in [3.8, 4) is 5.69 Å². The molecule has 0 radical (unpaired) electrons. The zero-order chi connectivity index (χ0) is 20.5. The van der Waals surface area contributed by atoms with Crippen LogP contribution in [0.2, 0.25) is 0 Å². The summed E-state index contributed by atoms with van der Waals surface area (Å²) in [5.74, 6) is -0.870. The van der Waals surface area contributed by atoms with E-state index in [0.29, 0.717) is 21.6 Å². The molecular weight excluding hydrogens is 393 g/mol. The van der Waals surface area contributed by atoms with Gasteiger partial charge in [0.15, 0.2) is 0 Å². The molecule has 2 aromatic carbocycles. The summed E-state index contributed by atoms with van der Waals surface area (Å²) in [6.07, 6.45) is 0. The van der Waals surface area contributed by atoms with Gasteiger partial charge in [0.2, 0.25) is 5.91 Å². The maximum atomic E-state index is 13.2. The monoisotopic (exact) mass is 409 g/mol. The summed E-state index contributed by atoms with van der Waals surface area (Å²) in [7, 11) is 0. The molecule has 0 saturated carbocycles. The fourth-order valence-electron chi connectivity index (χ4n) is 3.14. The largest absolute Gasteiger partial charge is 0.336 e. The molecule has 4 rings (SSSR count). The number of benzene rings is 2. The Kier molecular flexibility index (Phi) is 4.85. The second-order valence-electron chi connectivity index (χ2n) is 6.49. The molecule has 1 amide bonds. The molecule has 0 aliphatic rings. The van der Waals surface area contributed by atoms with Crippen molar-refractivity contribution in [1.29, 1.82) is 0 Å². The maximum absolute atomic E-state index is 13.2. The molecule has 2 aromatic heterocycles. The minimum Gasteiger partial charge on any atom is -0.325 e. The molecule has 1 N–H and O–H groups in total. The molecule has 29 heavy (non-hydrogen) atoms. The van der Waals surface area contributed by atoms with Crippen molar-refractivity contribution in [2.45, 2.75) is 13.5 Å². The van der Waals surface area contributed by atoms with Gasteiger partial charge >= 0.3 is 5.69 Å². The first-order chi connectivity index (χ1) is 14.0. The van der Waals surface area contributed by atoms with Gasteiger partial charge in [0.1, 0.15) is 17.1 Å². The van der Waals surface area contributed by atoms with E-state index in [1.54, 1.807) is 23.6 Å². The number of anilines is 1. The van der Waals surface area contributed by atoms with Crippen molar-refractivity contribution in [2.24, 2.45) is 0 Å². The lowest BCUT2D eigenvalue weighted by atomic mass is 10.2. The predicted molar refractivity (Wildman–Crippen MR) is 111 cm³/mol. The van der Waals surface area contributed by atoms with Crippen molar-refractivity contribution in [1.82, 2.24) is 9.13 Å². The van der Waals surface area contributed by atoms with Crippen LogP contribution in [0.4, 0.5) is 10.1 Å². The normalized spacial score (nSPS) is 11.0. The molecule has 0 unspecified atom stereocenters. The first-order valence-electron chi connectivity index (χ1n) is 8.80. The molecule has 0 bridgehead atoms. The van der Waals surface area contributed by atoms with E-state index in [1.807, 2.05) is 19.1 Å². The van der Waals surface area contributed by atoms with E-state index in [2.05, 4.69) is 5.32 Å². The highest BCUT2D eigenvalue weighted by Gasteiger charge is 2.18. The highest BCUT2D eigenvalue weighted by Crippen LogP contribution is 2.18. The van der Waals surface area contributed by atoms with Crippen molar-refractivity contribution in [2.75, 3.05) is 5.32 Å². The minimum atomic E-state index is -0.593. The van der Waals surface area contributed by atoms with Gasteiger partial charge in [-0.25, -0.2) is 13.8 Å². The second kappa shape index (κ2) is 7.48. The first kappa shape index (κ1) is 18.8. The molecular formula is C21H16FN3O3S. The summed E-state index contributed by atoms with van der Waals surface area (Å²) < 4.78 is 15.8. The number of halogens is 1. The van der Waals surface area contributed by atoms with Crippen LogP contribution in [0.5, 0.6) is 0 Å². The third-order valence-electron chi connectivity index (χ3n) is 4.54. The van der Waals surface area contributed by atoms with Crippen molar-refractivity contribution in [3.05, 3.63) is 92.2 Å². The number of para-hydroxylation sites is 1. The number of thiophene rings is 1. The molecule has 8 heteroatoms. The van der Waals surface area contributed by atoms with Gasteiger partial charge in [-0.1, -0.05) is 18.2 Å². The summed E-state index contributed by atoms with van der Waals surface area (Å²) in [6.45, 7) is 1.53. The van der Waals surface area contributed by atoms with Crippen LogP contribution in [0.25, 0.3) is 15.9 Å². The van der Waals surface area contributed by atoms with Gasteiger partial charge in [-0.05, 0) is 54.3 Å². The lowest BCUT2D eigenvalue weighted by Crippen LogP contribution is -2.40. The maximum Gasteiger partial charge on any atom is 0.336 e. The highest BCUT2D eigenvalue weighted by atomic mass is 32.1. The van der Waals surface area contributed by atoms with Crippen molar-refractivity contribution >= 4 is 33.1 Å². The summed E-state index contributed by atoms with van der Waals surface area (Å²) in [5, 5.41) is 4.35. The molecule has 0 saturated heterocycles. The summed E-state index contributed by atoms with van der Waals surface area (Å²) >= 11 is 1.22. The van der Waals surface area contributed by atoms with Gasteiger partial charge in [0.05, 0.1) is 11.2 Å². The Bertz CT molecular complexity index is 1340. The fraction of sp³-hybridized carbons (Fsp3) is 0.0952. The van der Waals surface area contributed by atoms with E-state index in [1.165, 1.54) is 40.2 Å². The Morgan fingerprint density at radius 3 is 2.52 bits per heavy atom. The summed E-state index contributed by atoms with van der Waals surface area (Å²) in [4.78, 5) is 38.7. The Balaban J connectivity index is 1.80. The second-order valence-corrected chi connectivity index (χ2v) is 7.40. The van der Waals surface area contributed by atoms with E-state index in [4.69, 9.17) is 0 Å². The van der Waals surface area contributed by atoms with E-state index in [-0.39, 0.29) is 6.54 Å². The number of rotatable bonds is 4. The fourth-order valence-corrected chi connectivity index (χ4v) is 3.97. The molecule has 146 valence electrons. The Morgan fingerprint density at radius 2 is 1.79 bits per heavy atom. The van der Waals surface area contributed by atoms with E-state index in [9.17, 15) is 18.8 Å². The molecule has 0 spiro atoms. The molecule has 0 aliphatic heterocycles. The number of hydrogen-bond acceptors (Lipinski definition) is 4. The first-order valence-corrected chi connectivity index (χ1v) is 9.68. The van der Waals surface area contributed by atoms with Crippen molar-refractivity contribution < 1.29 is 9.18 Å². The molecule has 4 aromatic rings. The number of fused-ring (bicyclic) bond motifs is 1. The van der Waals surface area contributed by atoms with E-state index >= 15 is 0 Å². The van der Waals surface area contributed by atoms with Crippen LogP contribution >= 0.6 is 11.3 Å². The quantitative estimate of drug-likeness (QED) is 0.562. The highest BCUT2D eigenvalue weighted by molar-refractivity contribution is 7.17. The predicted octanol–water partition coefficient (Wildman–Crippen LogP) is 3.30.